The second-order valence-corrected chi connectivity index (χ2v) is 9.42. The second kappa shape index (κ2) is 9.34. The summed E-state index contributed by atoms with van der Waals surface area (Å²) < 4.78 is 7.21. The molecule has 1 aromatic carbocycles. The number of carbonyl (C=O) groups is 2. The van der Waals surface area contributed by atoms with Crippen molar-refractivity contribution < 1.29 is 14.3 Å². The molecule has 0 spiro atoms. The summed E-state index contributed by atoms with van der Waals surface area (Å²) in [6, 6.07) is 6.42. The first-order valence-electron chi connectivity index (χ1n) is 12.5. The Morgan fingerprint density at radius 3 is 2.56 bits per heavy atom. The highest BCUT2D eigenvalue weighted by molar-refractivity contribution is 5.92. The normalized spacial score (nSPS) is 17.6. The van der Waals surface area contributed by atoms with Gasteiger partial charge in [-0.25, -0.2) is 9.67 Å². The highest BCUT2D eigenvalue weighted by atomic mass is 16.5. The van der Waals surface area contributed by atoms with Gasteiger partial charge < -0.3 is 19.4 Å². The number of nitrogens with zero attached hydrogens (tertiary/aromatic N) is 7. The molecule has 6 rings (SSSR count). The van der Waals surface area contributed by atoms with E-state index in [1.807, 2.05) is 0 Å². The molecule has 1 aliphatic carbocycles. The molecular formula is C26H29N7O3. The summed E-state index contributed by atoms with van der Waals surface area (Å²) in [5.74, 6) is 0.644. The zero-order chi connectivity index (χ0) is 24.6. The maximum absolute atomic E-state index is 13.1. The number of piperazine rings is 1. The van der Waals surface area contributed by atoms with Crippen molar-refractivity contribution in [3.8, 4) is 11.3 Å². The SMILES string of the molecule is CC(=O)N1CCN(C(=O)Cn2ncc3c(-c4ccc5c(c4)CC=C5)nc(N4CCOCC4)nc32)CC1. The van der Waals surface area contributed by atoms with Gasteiger partial charge in [0, 0.05) is 51.8 Å². The van der Waals surface area contributed by atoms with E-state index in [1.54, 1.807) is 27.6 Å². The van der Waals surface area contributed by atoms with E-state index < -0.39 is 0 Å². The fourth-order valence-corrected chi connectivity index (χ4v) is 5.09. The van der Waals surface area contributed by atoms with Gasteiger partial charge in [-0.1, -0.05) is 24.3 Å². The molecule has 186 valence electrons. The molecule has 0 saturated carbocycles. The van der Waals surface area contributed by atoms with Crippen LogP contribution in [0.15, 0.2) is 30.5 Å². The highest BCUT2D eigenvalue weighted by Crippen LogP contribution is 2.32. The predicted octanol–water partition coefficient (Wildman–Crippen LogP) is 1.59. The lowest BCUT2D eigenvalue weighted by molar-refractivity contribution is -0.138. The zero-order valence-electron chi connectivity index (χ0n) is 20.4. The summed E-state index contributed by atoms with van der Waals surface area (Å²) in [6.07, 6.45) is 7.00. The Kier molecular flexibility index (Phi) is 5.88. The summed E-state index contributed by atoms with van der Waals surface area (Å²) in [5, 5.41) is 5.39. The van der Waals surface area contributed by atoms with Gasteiger partial charge in [0.05, 0.1) is 30.5 Å². The van der Waals surface area contributed by atoms with Crippen LogP contribution >= 0.6 is 0 Å². The quantitative estimate of drug-likeness (QED) is 0.551. The van der Waals surface area contributed by atoms with Crippen LogP contribution in [0.2, 0.25) is 0 Å². The Bertz CT molecular complexity index is 1350. The van der Waals surface area contributed by atoms with E-state index in [9.17, 15) is 9.59 Å². The van der Waals surface area contributed by atoms with Crippen molar-refractivity contribution in [2.75, 3.05) is 57.4 Å². The number of hydrogen-bond acceptors (Lipinski definition) is 7. The number of rotatable bonds is 4. The molecule has 2 aliphatic heterocycles. The molecule has 0 radical (unpaired) electrons. The number of carbonyl (C=O) groups excluding carboxylic acids is 2. The summed E-state index contributed by atoms with van der Waals surface area (Å²) in [7, 11) is 0. The van der Waals surface area contributed by atoms with Crippen LogP contribution < -0.4 is 4.90 Å². The minimum Gasteiger partial charge on any atom is -0.378 e. The van der Waals surface area contributed by atoms with E-state index in [2.05, 4.69) is 40.3 Å². The van der Waals surface area contributed by atoms with Crippen molar-refractivity contribution in [3.63, 3.8) is 0 Å². The van der Waals surface area contributed by atoms with Gasteiger partial charge in [-0.05, 0) is 23.6 Å². The third-order valence-electron chi connectivity index (χ3n) is 7.19. The lowest BCUT2D eigenvalue weighted by atomic mass is 10.0. The molecule has 4 heterocycles. The molecule has 0 N–H and O–H groups in total. The largest absolute Gasteiger partial charge is 0.378 e. The first-order valence-corrected chi connectivity index (χ1v) is 12.5. The fraction of sp³-hybridized carbons (Fsp3) is 0.423. The number of allylic oxidation sites excluding steroid dienone is 1. The summed E-state index contributed by atoms with van der Waals surface area (Å²) in [4.78, 5) is 40.3. The number of morpholine rings is 1. The number of aromatic nitrogens is 4. The van der Waals surface area contributed by atoms with E-state index in [1.165, 1.54) is 11.1 Å². The fourth-order valence-electron chi connectivity index (χ4n) is 5.09. The molecule has 0 bridgehead atoms. The monoisotopic (exact) mass is 487 g/mol. The van der Waals surface area contributed by atoms with E-state index in [0.29, 0.717) is 64.1 Å². The molecule has 3 aromatic rings. The maximum Gasteiger partial charge on any atom is 0.244 e. The Morgan fingerprint density at radius 2 is 1.78 bits per heavy atom. The van der Waals surface area contributed by atoms with Crippen molar-refractivity contribution in [3.05, 3.63) is 41.6 Å². The molecular weight excluding hydrogens is 458 g/mol. The smallest absolute Gasteiger partial charge is 0.244 e. The third-order valence-corrected chi connectivity index (χ3v) is 7.19. The van der Waals surface area contributed by atoms with Crippen LogP contribution in [0, 0.1) is 0 Å². The van der Waals surface area contributed by atoms with Crippen LogP contribution in [0.3, 0.4) is 0 Å². The third kappa shape index (κ3) is 4.21. The minimum absolute atomic E-state index is 0.0279. The molecule has 10 nitrogen and oxygen atoms in total. The standard InChI is InChI=1S/C26H29N7O3/c1-18(34)30-7-9-31(10-8-30)23(35)17-33-25-22(16-27-33)24(21-6-5-19-3-2-4-20(19)15-21)28-26(29-25)32-11-13-36-14-12-32/h2-3,5-6,15-16H,4,7-14,17H2,1H3. The van der Waals surface area contributed by atoms with E-state index in [4.69, 9.17) is 14.7 Å². The Labute approximate surface area is 209 Å². The molecule has 10 heteroatoms. The Hall–Kier alpha value is -3.79. The Morgan fingerprint density at radius 1 is 1.00 bits per heavy atom. The van der Waals surface area contributed by atoms with Crippen LogP contribution in [0.1, 0.15) is 18.1 Å². The molecule has 2 aromatic heterocycles. The number of anilines is 1. The number of hydrogen-bond donors (Lipinski definition) is 0. The topological polar surface area (TPSA) is 96.7 Å². The van der Waals surface area contributed by atoms with Gasteiger partial charge >= 0.3 is 0 Å². The second-order valence-electron chi connectivity index (χ2n) is 9.42. The van der Waals surface area contributed by atoms with Gasteiger partial charge in [0.2, 0.25) is 17.8 Å². The average molecular weight is 488 g/mol. The summed E-state index contributed by atoms with van der Waals surface area (Å²) in [5.41, 5.74) is 5.01. The summed E-state index contributed by atoms with van der Waals surface area (Å²) in [6.45, 7) is 6.52. The number of fused-ring (bicyclic) bond motifs is 2. The van der Waals surface area contributed by atoms with Gasteiger partial charge in [-0.15, -0.1) is 0 Å². The predicted molar refractivity (Wildman–Crippen MR) is 135 cm³/mol. The molecule has 36 heavy (non-hydrogen) atoms. The van der Waals surface area contributed by atoms with Gasteiger partial charge in [-0.3, -0.25) is 9.59 Å². The van der Waals surface area contributed by atoms with Crippen molar-refractivity contribution in [2.24, 2.45) is 0 Å². The first kappa shape index (κ1) is 22.7. The summed E-state index contributed by atoms with van der Waals surface area (Å²) >= 11 is 0. The lowest BCUT2D eigenvalue weighted by Gasteiger charge is -2.34. The Balaban J connectivity index is 1.34. The van der Waals surface area contributed by atoms with Gasteiger partial charge in [0.15, 0.2) is 5.65 Å². The van der Waals surface area contributed by atoms with Crippen LogP contribution in [0.5, 0.6) is 0 Å². The minimum atomic E-state index is -0.0279. The molecule has 0 atom stereocenters. The van der Waals surface area contributed by atoms with Crippen LogP contribution in [0.25, 0.3) is 28.4 Å². The van der Waals surface area contributed by atoms with Crippen molar-refractivity contribution in [1.29, 1.82) is 0 Å². The maximum atomic E-state index is 13.1. The molecule has 0 unspecified atom stereocenters. The lowest BCUT2D eigenvalue weighted by Crippen LogP contribution is -2.50. The van der Waals surface area contributed by atoms with Crippen LogP contribution in [0.4, 0.5) is 5.95 Å². The van der Waals surface area contributed by atoms with Crippen LogP contribution in [-0.4, -0.2) is 93.8 Å². The number of ether oxygens (including phenoxy) is 1. The first-order chi connectivity index (χ1) is 17.6. The van der Waals surface area contributed by atoms with Crippen molar-refractivity contribution >= 4 is 34.9 Å². The molecule has 2 fully saturated rings. The van der Waals surface area contributed by atoms with Crippen molar-refractivity contribution in [1.82, 2.24) is 29.5 Å². The number of amides is 2. The number of benzene rings is 1. The van der Waals surface area contributed by atoms with Crippen LogP contribution in [-0.2, 0) is 27.3 Å². The highest BCUT2D eigenvalue weighted by Gasteiger charge is 2.25. The van der Waals surface area contributed by atoms with Gasteiger partial charge in [0.1, 0.15) is 6.54 Å². The van der Waals surface area contributed by atoms with Crippen molar-refractivity contribution in [2.45, 2.75) is 19.9 Å². The van der Waals surface area contributed by atoms with E-state index >= 15 is 0 Å². The van der Waals surface area contributed by atoms with Gasteiger partial charge in [-0.2, -0.15) is 10.1 Å². The molecule has 2 amide bonds. The van der Waals surface area contributed by atoms with E-state index in [0.717, 1.165) is 23.1 Å². The average Bonchev–Trinajstić information content (AvgIpc) is 3.55. The zero-order valence-corrected chi connectivity index (χ0v) is 20.4. The van der Waals surface area contributed by atoms with E-state index in [-0.39, 0.29) is 18.4 Å². The molecule has 3 aliphatic rings. The van der Waals surface area contributed by atoms with Gasteiger partial charge in [0.25, 0.3) is 0 Å². The molecule has 2 saturated heterocycles.